The molecule has 0 bridgehead atoms. The van der Waals surface area contributed by atoms with Gasteiger partial charge in [-0.15, -0.1) is 0 Å². The Bertz CT molecular complexity index is 1100. The summed E-state index contributed by atoms with van der Waals surface area (Å²) in [4.78, 5) is 13.3. The molecule has 6 heteroatoms. The molecule has 0 saturated heterocycles. The first-order valence-electron chi connectivity index (χ1n) is 10.2. The van der Waals surface area contributed by atoms with E-state index in [0.717, 1.165) is 11.3 Å². The van der Waals surface area contributed by atoms with E-state index in [1.165, 1.54) is 19.2 Å². The van der Waals surface area contributed by atoms with Crippen molar-refractivity contribution >= 4 is 17.2 Å². The Morgan fingerprint density at radius 2 is 1.87 bits per heavy atom. The lowest BCUT2D eigenvalue weighted by atomic mass is 9.80. The third kappa shape index (κ3) is 3.53. The molecule has 0 aromatic heterocycles. The third-order valence-electron chi connectivity index (χ3n) is 5.81. The first kappa shape index (κ1) is 20.9. The van der Waals surface area contributed by atoms with Crippen molar-refractivity contribution in [3.05, 3.63) is 89.2 Å². The van der Waals surface area contributed by atoms with Crippen molar-refractivity contribution in [3.63, 3.8) is 0 Å². The van der Waals surface area contributed by atoms with E-state index in [4.69, 9.17) is 4.74 Å². The number of hydrogen-bond donors (Lipinski definition) is 3. The van der Waals surface area contributed by atoms with Crippen LogP contribution in [0.5, 0.6) is 5.75 Å². The van der Waals surface area contributed by atoms with Gasteiger partial charge >= 0.3 is 0 Å². The van der Waals surface area contributed by atoms with Crippen LogP contribution in [0.4, 0.5) is 15.8 Å². The molecule has 0 radical (unpaired) electrons. The van der Waals surface area contributed by atoms with E-state index in [0.29, 0.717) is 29.0 Å². The predicted octanol–water partition coefficient (Wildman–Crippen LogP) is 4.78. The molecule has 1 heterocycles. The summed E-state index contributed by atoms with van der Waals surface area (Å²) in [7, 11) is 1.54. The number of aliphatic hydroxyl groups is 1. The van der Waals surface area contributed by atoms with Gasteiger partial charge < -0.3 is 20.5 Å². The van der Waals surface area contributed by atoms with Gasteiger partial charge in [0, 0.05) is 17.7 Å². The number of anilines is 2. The average molecular weight is 420 g/mol. The number of methoxy groups -OCH3 is 1. The number of nitrogens with one attached hydrogen (secondary N) is 2. The van der Waals surface area contributed by atoms with E-state index in [1.54, 1.807) is 18.2 Å². The molecular weight excluding hydrogens is 395 g/mol. The van der Waals surface area contributed by atoms with Crippen LogP contribution in [0.2, 0.25) is 0 Å². The monoisotopic (exact) mass is 420 g/mol. The molecule has 0 amide bonds. The molecule has 0 saturated carbocycles. The Morgan fingerprint density at radius 3 is 2.55 bits per heavy atom. The quantitative estimate of drug-likeness (QED) is 0.513. The van der Waals surface area contributed by atoms with E-state index >= 15 is 0 Å². The zero-order valence-electron chi connectivity index (χ0n) is 17.5. The molecule has 3 aromatic carbocycles. The van der Waals surface area contributed by atoms with Gasteiger partial charge in [-0.3, -0.25) is 4.79 Å². The number of rotatable bonds is 7. The summed E-state index contributed by atoms with van der Waals surface area (Å²) in [6.07, 6.45) is 0.346. The minimum atomic E-state index is -1.06. The van der Waals surface area contributed by atoms with Gasteiger partial charge in [0.05, 0.1) is 25.3 Å². The van der Waals surface area contributed by atoms with Crippen LogP contribution < -0.4 is 15.4 Å². The number of carbonyl (C=O) groups excluding carboxylic acids is 1. The van der Waals surface area contributed by atoms with Gasteiger partial charge in [-0.25, -0.2) is 4.39 Å². The fourth-order valence-corrected chi connectivity index (χ4v) is 4.39. The molecule has 1 aliphatic heterocycles. The second-order valence-electron chi connectivity index (χ2n) is 7.56. The molecule has 0 spiro atoms. The number of halogens is 1. The maximum absolute atomic E-state index is 13.8. The molecule has 31 heavy (non-hydrogen) atoms. The van der Waals surface area contributed by atoms with Crippen molar-refractivity contribution in [1.82, 2.24) is 0 Å². The minimum absolute atomic E-state index is 0.0477. The Hall–Kier alpha value is -3.38. The predicted molar refractivity (Wildman–Crippen MR) is 119 cm³/mol. The number of ketones is 1. The zero-order chi connectivity index (χ0) is 22.0. The Morgan fingerprint density at radius 1 is 1.13 bits per heavy atom. The molecule has 3 aromatic rings. The van der Waals surface area contributed by atoms with E-state index in [-0.39, 0.29) is 18.2 Å². The third-order valence-corrected chi connectivity index (χ3v) is 5.81. The number of carbonyl (C=O) groups is 1. The summed E-state index contributed by atoms with van der Waals surface area (Å²) < 4.78 is 19.4. The van der Waals surface area contributed by atoms with Crippen LogP contribution in [-0.4, -0.2) is 18.0 Å². The van der Waals surface area contributed by atoms with E-state index in [2.05, 4.69) is 10.6 Å². The summed E-state index contributed by atoms with van der Waals surface area (Å²) in [6, 6.07) is 19.2. The van der Waals surface area contributed by atoms with Crippen molar-refractivity contribution in [2.24, 2.45) is 0 Å². The molecule has 5 nitrogen and oxygen atoms in total. The molecular formula is C25H25FN2O3. The van der Waals surface area contributed by atoms with E-state index < -0.39 is 11.6 Å². The molecule has 2 unspecified atom stereocenters. The second kappa shape index (κ2) is 8.40. The van der Waals surface area contributed by atoms with Crippen LogP contribution in [0, 0.1) is 5.82 Å². The lowest BCUT2D eigenvalue weighted by Gasteiger charge is -2.38. The average Bonchev–Trinajstić information content (AvgIpc) is 3.13. The highest BCUT2D eigenvalue weighted by molar-refractivity contribution is 5.93. The van der Waals surface area contributed by atoms with Gasteiger partial charge in [0.15, 0.2) is 0 Å². The summed E-state index contributed by atoms with van der Waals surface area (Å²) in [5, 5.41) is 16.8. The van der Waals surface area contributed by atoms with Crippen molar-refractivity contribution in [1.29, 1.82) is 0 Å². The highest BCUT2D eigenvalue weighted by atomic mass is 19.1. The van der Waals surface area contributed by atoms with Crippen molar-refractivity contribution in [2.45, 2.75) is 31.5 Å². The number of benzene rings is 3. The number of fused-ring (bicyclic) bond motifs is 1. The van der Waals surface area contributed by atoms with Gasteiger partial charge in [0.2, 0.25) is 0 Å². The van der Waals surface area contributed by atoms with E-state index in [1.807, 2.05) is 43.3 Å². The SMILES string of the molecule is CCC(=O)C1c2ccccc2NC1(Nc1cccc(CO)c1OC)c1ccc(F)cc1. The number of Topliss-reactive ketones (excluding diaryl/α,β-unsaturated/α-hetero) is 1. The number of aliphatic hydroxyl groups excluding tert-OH is 1. The Balaban J connectivity index is 1.94. The highest BCUT2D eigenvalue weighted by Gasteiger charge is 2.50. The molecule has 0 aliphatic carbocycles. The van der Waals surface area contributed by atoms with Gasteiger partial charge in [0.25, 0.3) is 0 Å². The van der Waals surface area contributed by atoms with Crippen LogP contribution in [0.15, 0.2) is 66.7 Å². The number of ether oxygens (including phenoxy) is 1. The van der Waals surface area contributed by atoms with Gasteiger partial charge in [-0.05, 0) is 35.4 Å². The highest BCUT2D eigenvalue weighted by Crippen LogP contribution is 2.50. The first-order chi connectivity index (χ1) is 15.0. The summed E-state index contributed by atoms with van der Waals surface area (Å²) in [5.41, 5.74) is 2.61. The second-order valence-corrected chi connectivity index (χ2v) is 7.56. The molecule has 2 atom stereocenters. The standard InChI is InChI=1S/C25H25FN2O3/c1-3-22(30)23-19-8-4-5-9-20(19)27-25(23,17-11-13-18(26)14-12-17)28-21-10-6-7-16(15-29)24(21)31-2/h4-14,23,27-29H,3,15H2,1-2H3. The molecule has 3 N–H and O–H groups in total. The largest absolute Gasteiger partial charge is 0.494 e. The van der Waals surface area contributed by atoms with Crippen LogP contribution in [0.25, 0.3) is 0 Å². The van der Waals surface area contributed by atoms with Crippen molar-refractivity contribution in [2.75, 3.05) is 17.7 Å². The maximum Gasteiger partial charge on any atom is 0.149 e. The number of para-hydroxylation sites is 2. The Kier molecular flexibility index (Phi) is 5.65. The van der Waals surface area contributed by atoms with Gasteiger partial charge in [-0.2, -0.15) is 0 Å². The number of hydrogen-bond acceptors (Lipinski definition) is 5. The molecule has 1 aliphatic rings. The zero-order valence-corrected chi connectivity index (χ0v) is 17.5. The summed E-state index contributed by atoms with van der Waals surface area (Å²) in [6.45, 7) is 1.65. The van der Waals surface area contributed by atoms with E-state index in [9.17, 15) is 14.3 Å². The fourth-order valence-electron chi connectivity index (χ4n) is 4.39. The van der Waals surface area contributed by atoms with Crippen LogP contribution in [0.1, 0.15) is 36.0 Å². The Labute approximate surface area is 180 Å². The maximum atomic E-state index is 13.8. The van der Waals surface area contributed by atoms with Gasteiger partial charge in [-0.1, -0.05) is 49.4 Å². The van der Waals surface area contributed by atoms with Crippen molar-refractivity contribution in [3.8, 4) is 5.75 Å². The topological polar surface area (TPSA) is 70.6 Å². The van der Waals surface area contributed by atoms with Crippen LogP contribution in [0.3, 0.4) is 0 Å². The molecule has 0 fully saturated rings. The molecule has 160 valence electrons. The summed E-state index contributed by atoms with van der Waals surface area (Å²) in [5.74, 6) is -0.368. The summed E-state index contributed by atoms with van der Waals surface area (Å²) >= 11 is 0. The molecule has 4 rings (SSSR count). The van der Waals surface area contributed by atoms with Crippen LogP contribution in [-0.2, 0) is 17.1 Å². The van der Waals surface area contributed by atoms with Gasteiger partial charge in [0.1, 0.15) is 23.0 Å². The minimum Gasteiger partial charge on any atom is -0.494 e. The normalized spacial score (nSPS) is 19.4. The van der Waals surface area contributed by atoms with Crippen molar-refractivity contribution < 1.29 is 19.0 Å². The van der Waals surface area contributed by atoms with Crippen LogP contribution >= 0.6 is 0 Å². The first-order valence-corrected chi connectivity index (χ1v) is 10.2. The smallest absolute Gasteiger partial charge is 0.149 e. The lowest BCUT2D eigenvalue weighted by Crippen LogP contribution is -2.47. The lowest BCUT2D eigenvalue weighted by molar-refractivity contribution is -0.121. The fraction of sp³-hybridized carbons (Fsp3) is 0.240.